The Bertz CT molecular complexity index is 3520. The SMILES string of the molecule is COC(=O)C1=C(N)CC(C(F)(F)F)CC1.COc1ccc(COc2ccc(-c3noc(CCC(=O)O)n3)nc2)cc1.O=C(CCc1nc(-c2ccc(O)cn2)no1)NC1=C(C(=O)O)CCC(C(F)(F)F)C1.O=C1CCCC(C(F)(F)F)C1.Oc1cccc(C(F)(F)F)c1. The van der Waals surface area contributed by atoms with Gasteiger partial charge in [-0.15, -0.1) is 0 Å². The highest BCUT2D eigenvalue weighted by Gasteiger charge is 2.44. The average Bonchev–Trinajstić information content (AvgIpc) is 1.78. The van der Waals surface area contributed by atoms with E-state index in [4.69, 9.17) is 34.5 Å². The monoisotopic (exact) mass is 1330 g/mol. The summed E-state index contributed by atoms with van der Waals surface area (Å²) in [6.45, 7) is 0.409. The van der Waals surface area contributed by atoms with E-state index in [1.807, 2.05) is 24.3 Å². The normalized spacial score (nSPS) is 16.7. The topological polar surface area (TPSA) is 336 Å². The van der Waals surface area contributed by atoms with Gasteiger partial charge in [0.25, 0.3) is 0 Å². The molecule has 7 N–H and O–H groups in total. The van der Waals surface area contributed by atoms with E-state index in [0.717, 1.165) is 23.4 Å². The molecule has 4 aromatic heterocycles. The van der Waals surface area contributed by atoms with Crippen molar-refractivity contribution in [1.29, 1.82) is 0 Å². The molecule has 504 valence electrons. The van der Waals surface area contributed by atoms with Crippen LogP contribution in [0.5, 0.6) is 23.0 Å². The molecule has 1 amide bonds. The third-order valence-corrected chi connectivity index (χ3v) is 13.7. The number of nitrogens with zero attached hydrogens (tertiary/aromatic N) is 6. The Morgan fingerprint density at radius 2 is 1.19 bits per heavy atom. The number of esters is 1. The number of allylic oxidation sites excluding steroid dienone is 2. The zero-order chi connectivity index (χ0) is 68.8. The fourth-order valence-corrected chi connectivity index (χ4v) is 8.77. The number of nitrogens with two attached hydrogens (primary N) is 1. The van der Waals surface area contributed by atoms with E-state index in [1.165, 1.54) is 31.5 Å². The fraction of sp³-hybridized carbons (Fsp3) is 0.407. The van der Waals surface area contributed by atoms with E-state index in [2.05, 4.69) is 40.3 Å². The number of aliphatic carboxylic acids is 2. The van der Waals surface area contributed by atoms with Crippen molar-refractivity contribution in [1.82, 2.24) is 35.6 Å². The van der Waals surface area contributed by atoms with Crippen molar-refractivity contribution in [2.75, 3.05) is 14.2 Å². The number of hydrogen-bond acceptors (Lipinski definition) is 19. The number of carboxylic acid groups (broad SMARTS) is 2. The van der Waals surface area contributed by atoms with Crippen molar-refractivity contribution in [2.24, 2.45) is 23.5 Å². The van der Waals surface area contributed by atoms with Crippen molar-refractivity contribution in [3.8, 4) is 46.0 Å². The zero-order valence-corrected chi connectivity index (χ0v) is 49.1. The molecule has 93 heavy (non-hydrogen) atoms. The van der Waals surface area contributed by atoms with Crippen LogP contribution in [0.4, 0.5) is 52.7 Å². The minimum atomic E-state index is -4.47. The molecule has 3 atom stereocenters. The largest absolute Gasteiger partial charge is 0.508 e. The number of carboxylic acids is 2. The summed E-state index contributed by atoms with van der Waals surface area (Å²) in [5.74, 6) is -6.51. The smallest absolute Gasteiger partial charge is 0.416 e. The van der Waals surface area contributed by atoms with Gasteiger partial charge in [-0.3, -0.25) is 14.4 Å². The lowest BCUT2D eigenvalue weighted by Crippen LogP contribution is -2.34. The van der Waals surface area contributed by atoms with Gasteiger partial charge in [-0.25, -0.2) is 19.6 Å². The summed E-state index contributed by atoms with van der Waals surface area (Å²) in [5.41, 5.74) is 6.19. The molecule has 1 fully saturated rings. The standard InChI is InChI=1S/C18H17F3N4O5.C18H17N3O5.C9H12F3NO2.C7H9F3O.C7H5F3O/c19-18(20,21)9-1-3-11(17(28)29)13(7-9)23-14(27)5-6-15-24-16(25-30-15)12-4-2-10(26)8-22-12;1-24-13-4-2-12(3-5-13)11-25-14-6-7-15(19-10-14)18-20-16(26-21-18)8-9-17(22)23;1-15-8(14)6-3-2-5(4-7(6)13)9(10,11)12;2*8-7(9,10)5-2-1-3-6(11)4-5/h2,4,8-9,26H,1,3,5-7H2,(H,23,27)(H,28,29);2-7,10H,8-9,11H2,1H3,(H,22,23);5H,2-4,13H2,1H3;5H,1-4H2;1-4,11H. The molecule has 4 heterocycles. The molecule has 2 aromatic carbocycles. The number of phenols is 1. The van der Waals surface area contributed by atoms with E-state index in [1.54, 1.807) is 25.4 Å². The Morgan fingerprint density at radius 1 is 0.645 bits per heavy atom. The summed E-state index contributed by atoms with van der Waals surface area (Å²) in [6.07, 6.45) is -15.6. The van der Waals surface area contributed by atoms with Gasteiger partial charge in [0, 0.05) is 43.5 Å². The van der Waals surface area contributed by atoms with Gasteiger partial charge >= 0.3 is 42.6 Å². The van der Waals surface area contributed by atoms with Crippen LogP contribution in [0.3, 0.4) is 0 Å². The molecular weight excluding hydrogens is 1270 g/mol. The number of ether oxygens (including phenoxy) is 3. The quantitative estimate of drug-likeness (QED) is 0.0411. The summed E-state index contributed by atoms with van der Waals surface area (Å²) in [5, 5.41) is 45.6. The summed E-state index contributed by atoms with van der Waals surface area (Å²) < 4.78 is 173. The van der Waals surface area contributed by atoms with Crippen LogP contribution in [0, 0.1) is 17.8 Å². The Morgan fingerprint density at radius 3 is 1.66 bits per heavy atom. The molecule has 0 radical (unpaired) electrons. The number of halogens is 12. The first-order valence-electron chi connectivity index (χ1n) is 27.8. The van der Waals surface area contributed by atoms with Crippen LogP contribution >= 0.6 is 0 Å². The predicted octanol–water partition coefficient (Wildman–Crippen LogP) is 11.8. The highest BCUT2D eigenvalue weighted by Crippen LogP contribution is 2.41. The van der Waals surface area contributed by atoms with E-state index >= 15 is 0 Å². The molecule has 34 heteroatoms. The second-order valence-electron chi connectivity index (χ2n) is 20.5. The Hall–Kier alpha value is -9.79. The lowest BCUT2D eigenvalue weighted by molar-refractivity contribution is -0.183. The van der Waals surface area contributed by atoms with Crippen molar-refractivity contribution in [3.63, 3.8) is 0 Å². The predicted molar refractivity (Wildman–Crippen MR) is 297 cm³/mol. The highest BCUT2D eigenvalue weighted by molar-refractivity contribution is 5.90. The van der Waals surface area contributed by atoms with Crippen molar-refractivity contribution in [2.45, 2.75) is 121 Å². The minimum absolute atomic E-state index is 0.00424. The number of amides is 1. The number of carbonyl (C=O) groups is 5. The van der Waals surface area contributed by atoms with Gasteiger partial charge in [0.2, 0.25) is 29.3 Å². The van der Waals surface area contributed by atoms with Crippen molar-refractivity contribution < 1.29 is 120 Å². The van der Waals surface area contributed by atoms with Crippen LogP contribution in [0.15, 0.2) is 117 Å². The fourth-order valence-electron chi connectivity index (χ4n) is 8.77. The van der Waals surface area contributed by atoms with Crippen LogP contribution in [0.2, 0.25) is 0 Å². The second kappa shape index (κ2) is 33.5. The van der Waals surface area contributed by atoms with Gasteiger partial charge in [-0.05, 0) is 112 Å². The summed E-state index contributed by atoms with van der Waals surface area (Å²) in [6, 6.07) is 17.9. The maximum absolute atomic E-state index is 13.0. The number of benzene rings is 2. The number of aromatic hydroxyl groups is 2. The lowest BCUT2D eigenvalue weighted by Gasteiger charge is -2.27. The molecule has 6 aromatic rings. The Kier molecular flexibility index (Phi) is 26.6. The first-order chi connectivity index (χ1) is 43.6. The van der Waals surface area contributed by atoms with Gasteiger partial charge in [0.05, 0.1) is 67.5 Å². The highest BCUT2D eigenvalue weighted by atomic mass is 19.4. The molecule has 0 aliphatic heterocycles. The first kappa shape index (κ1) is 73.9. The third-order valence-electron chi connectivity index (χ3n) is 13.7. The number of alkyl halides is 12. The molecule has 3 aliphatic carbocycles. The Labute approximate surface area is 519 Å². The van der Waals surface area contributed by atoms with Crippen LogP contribution in [0.25, 0.3) is 23.0 Å². The molecular formula is C59H60F12N8O14. The van der Waals surface area contributed by atoms with Crippen LogP contribution in [0.1, 0.15) is 100.0 Å². The van der Waals surface area contributed by atoms with E-state index in [0.29, 0.717) is 48.5 Å². The van der Waals surface area contributed by atoms with E-state index in [-0.39, 0.29) is 128 Å². The van der Waals surface area contributed by atoms with E-state index in [9.17, 15) is 86.9 Å². The number of aryl methyl sites for hydroxylation is 2. The van der Waals surface area contributed by atoms with Crippen LogP contribution < -0.4 is 20.5 Å². The van der Waals surface area contributed by atoms with Crippen LogP contribution in [-0.4, -0.2) is 113 Å². The number of Topliss-reactive ketones (excluding diaryl/α,β-unsaturated/α-hetero) is 1. The molecule has 1 saturated carbocycles. The number of phenolic OH excluding ortho intramolecular Hbond substituents is 1. The number of methoxy groups -OCH3 is 2. The van der Waals surface area contributed by atoms with E-state index < -0.39 is 78.3 Å². The van der Waals surface area contributed by atoms with Gasteiger partial charge in [-0.2, -0.15) is 62.7 Å². The number of pyridine rings is 2. The van der Waals surface area contributed by atoms with Gasteiger partial charge < -0.3 is 54.7 Å². The molecule has 0 saturated heterocycles. The number of aromatic nitrogens is 6. The first-order valence-corrected chi connectivity index (χ1v) is 27.8. The second-order valence-corrected chi connectivity index (χ2v) is 20.5. The molecule has 3 aliphatic rings. The minimum Gasteiger partial charge on any atom is -0.508 e. The number of carbonyl (C=O) groups excluding carboxylic acids is 3. The third kappa shape index (κ3) is 24.4. The lowest BCUT2D eigenvalue weighted by atomic mass is 9.86. The number of ketones is 1. The molecule has 9 rings (SSSR count). The molecule has 0 bridgehead atoms. The Balaban J connectivity index is 0.000000224. The van der Waals surface area contributed by atoms with Crippen LogP contribution in [-0.2, 0) is 54.3 Å². The van der Waals surface area contributed by atoms with Crippen molar-refractivity contribution in [3.05, 3.63) is 131 Å². The molecule has 3 unspecified atom stereocenters. The average molecular weight is 1330 g/mol. The summed E-state index contributed by atoms with van der Waals surface area (Å²) >= 11 is 0. The van der Waals surface area contributed by atoms with Gasteiger partial charge in [-0.1, -0.05) is 28.5 Å². The van der Waals surface area contributed by atoms with Gasteiger partial charge in [0.15, 0.2) is 0 Å². The maximum atomic E-state index is 13.0. The number of nitrogens with one attached hydrogen (secondary N) is 1. The summed E-state index contributed by atoms with van der Waals surface area (Å²) in [7, 11) is 2.80. The number of rotatable bonds is 15. The van der Waals surface area contributed by atoms with Gasteiger partial charge in [0.1, 0.15) is 46.8 Å². The summed E-state index contributed by atoms with van der Waals surface area (Å²) in [4.78, 5) is 72.1. The maximum Gasteiger partial charge on any atom is 0.416 e. The zero-order valence-electron chi connectivity index (χ0n) is 49.1. The van der Waals surface area contributed by atoms with Crippen molar-refractivity contribution >= 4 is 29.6 Å². The number of hydrogen-bond donors (Lipinski definition) is 6. The molecule has 22 nitrogen and oxygen atoms in total. The molecule has 0 spiro atoms.